The number of carbonyl (C=O) groups is 1. The third-order valence-corrected chi connectivity index (χ3v) is 4.83. The number of rotatable bonds is 2. The van der Waals surface area contributed by atoms with E-state index >= 15 is 0 Å². The van der Waals surface area contributed by atoms with Crippen molar-refractivity contribution in [3.8, 4) is 0 Å². The van der Waals surface area contributed by atoms with E-state index in [9.17, 15) is 4.79 Å². The molecule has 0 spiro atoms. The highest BCUT2D eigenvalue weighted by Gasteiger charge is 2.20. The van der Waals surface area contributed by atoms with Crippen molar-refractivity contribution >= 4 is 43.9 Å². The molecule has 0 unspecified atom stereocenters. The van der Waals surface area contributed by atoms with Gasteiger partial charge in [0.2, 0.25) is 0 Å². The van der Waals surface area contributed by atoms with Crippen LogP contribution in [0.4, 0.5) is 5.82 Å². The van der Waals surface area contributed by atoms with E-state index in [-0.39, 0.29) is 0 Å². The lowest BCUT2D eigenvalue weighted by Crippen LogP contribution is -2.36. The molecule has 0 radical (unpaired) electrons. The van der Waals surface area contributed by atoms with Crippen LogP contribution in [0.15, 0.2) is 12.3 Å². The number of aldehydes is 1. The lowest BCUT2D eigenvalue weighted by Gasteiger charge is -2.28. The van der Waals surface area contributed by atoms with Gasteiger partial charge in [-0.05, 0) is 13.0 Å². The third kappa shape index (κ3) is 2.13. The van der Waals surface area contributed by atoms with Crippen LogP contribution in [-0.2, 0) is 4.74 Å². The Morgan fingerprint density at radius 2 is 2.14 bits per heavy atom. The number of anilines is 1. The molecule has 0 amide bonds. The molecule has 1 saturated heterocycles. The predicted molar refractivity (Wildman–Crippen MR) is 85.9 cm³/mol. The van der Waals surface area contributed by atoms with Crippen LogP contribution < -0.4 is 4.90 Å². The number of carbonyl (C=O) groups excluding carboxylic acids is 1. The van der Waals surface area contributed by atoms with E-state index in [1.54, 1.807) is 17.5 Å². The lowest BCUT2D eigenvalue weighted by molar-refractivity contribution is 0.112. The summed E-state index contributed by atoms with van der Waals surface area (Å²) in [6, 6.07) is 1.85. The Labute approximate surface area is 130 Å². The number of pyridine rings is 1. The van der Waals surface area contributed by atoms with Crippen LogP contribution in [0.3, 0.4) is 0 Å². The average Bonchev–Trinajstić information content (AvgIpc) is 2.92. The van der Waals surface area contributed by atoms with Crippen LogP contribution in [0, 0.1) is 6.92 Å². The largest absolute Gasteiger partial charge is 0.378 e. The summed E-state index contributed by atoms with van der Waals surface area (Å²) in [6.45, 7) is 4.97. The molecule has 3 aromatic heterocycles. The van der Waals surface area contributed by atoms with Gasteiger partial charge in [-0.3, -0.25) is 4.79 Å². The predicted octanol–water partition coefficient (Wildman–Crippen LogP) is 2.20. The second kappa shape index (κ2) is 5.26. The summed E-state index contributed by atoms with van der Waals surface area (Å²) in [4.78, 5) is 27.7. The Bertz CT molecular complexity index is 871. The number of nitrogens with zero attached hydrogens (tertiary/aromatic N) is 4. The number of hydrogen-bond acceptors (Lipinski definition) is 7. The minimum atomic E-state index is 0.566. The zero-order valence-electron chi connectivity index (χ0n) is 12.1. The van der Waals surface area contributed by atoms with E-state index in [0.29, 0.717) is 18.8 Å². The fourth-order valence-corrected chi connectivity index (χ4v) is 3.78. The molecule has 22 heavy (non-hydrogen) atoms. The van der Waals surface area contributed by atoms with Crippen LogP contribution in [0.25, 0.3) is 20.4 Å². The molecule has 7 heteroatoms. The summed E-state index contributed by atoms with van der Waals surface area (Å²) < 4.78 is 6.45. The van der Waals surface area contributed by atoms with Gasteiger partial charge in [-0.25, -0.2) is 15.0 Å². The molecular formula is C15H14N4O2S. The molecule has 6 nitrogen and oxygen atoms in total. The van der Waals surface area contributed by atoms with Gasteiger partial charge in [0, 0.05) is 30.2 Å². The van der Waals surface area contributed by atoms with Crippen molar-refractivity contribution in [1.29, 1.82) is 0 Å². The topological polar surface area (TPSA) is 68.2 Å². The van der Waals surface area contributed by atoms with Crippen molar-refractivity contribution in [1.82, 2.24) is 15.0 Å². The van der Waals surface area contributed by atoms with Crippen LogP contribution in [0.5, 0.6) is 0 Å². The van der Waals surface area contributed by atoms with Crippen LogP contribution in [-0.4, -0.2) is 47.5 Å². The molecule has 0 aromatic carbocycles. The number of hydrogen-bond donors (Lipinski definition) is 0. The zero-order valence-corrected chi connectivity index (χ0v) is 12.9. The normalized spacial score (nSPS) is 15.6. The van der Waals surface area contributed by atoms with Gasteiger partial charge in [0.1, 0.15) is 10.7 Å². The Hall–Kier alpha value is -2.12. The fourth-order valence-electron chi connectivity index (χ4n) is 2.69. The van der Waals surface area contributed by atoms with E-state index < -0.39 is 0 Å². The first kappa shape index (κ1) is 13.5. The van der Waals surface area contributed by atoms with E-state index in [1.165, 1.54) is 0 Å². The van der Waals surface area contributed by atoms with E-state index in [4.69, 9.17) is 4.74 Å². The van der Waals surface area contributed by atoms with Gasteiger partial charge in [-0.2, -0.15) is 0 Å². The quantitative estimate of drug-likeness (QED) is 0.676. The molecule has 0 aliphatic carbocycles. The minimum absolute atomic E-state index is 0.566. The van der Waals surface area contributed by atoms with Gasteiger partial charge in [0.25, 0.3) is 0 Å². The summed E-state index contributed by atoms with van der Waals surface area (Å²) in [6.07, 6.45) is 2.41. The molecule has 112 valence electrons. The van der Waals surface area contributed by atoms with Gasteiger partial charge in [-0.15, -0.1) is 11.3 Å². The highest BCUT2D eigenvalue weighted by Crippen LogP contribution is 2.37. The summed E-state index contributed by atoms with van der Waals surface area (Å²) >= 11 is 1.58. The van der Waals surface area contributed by atoms with Crippen molar-refractivity contribution in [2.24, 2.45) is 0 Å². The molecule has 3 aromatic rings. The first-order valence-corrected chi connectivity index (χ1v) is 7.92. The highest BCUT2D eigenvalue weighted by molar-refractivity contribution is 7.25. The molecule has 1 aliphatic heterocycles. The van der Waals surface area contributed by atoms with E-state index in [2.05, 4.69) is 19.9 Å². The van der Waals surface area contributed by atoms with Gasteiger partial charge in [0.05, 0.1) is 23.4 Å². The monoisotopic (exact) mass is 314 g/mol. The summed E-state index contributed by atoms with van der Waals surface area (Å²) in [7, 11) is 0. The second-order valence-corrected chi connectivity index (χ2v) is 6.21. The third-order valence-electron chi connectivity index (χ3n) is 3.73. The zero-order chi connectivity index (χ0) is 15.1. The molecule has 0 bridgehead atoms. The molecule has 1 fully saturated rings. The molecule has 4 rings (SSSR count). The molecular weight excluding hydrogens is 300 g/mol. The molecule has 0 saturated carbocycles. The maximum Gasteiger partial charge on any atom is 0.151 e. The molecule has 0 N–H and O–H groups in total. The number of aryl methyl sites for hydroxylation is 1. The Morgan fingerprint density at radius 3 is 2.91 bits per heavy atom. The highest BCUT2D eigenvalue weighted by atomic mass is 32.1. The Morgan fingerprint density at radius 1 is 1.32 bits per heavy atom. The average molecular weight is 314 g/mol. The lowest BCUT2D eigenvalue weighted by atomic mass is 10.2. The Balaban J connectivity index is 1.98. The number of fused-ring (bicyclic) bond motifs is 3. The number of thiophene rings is 1. The van der Waals surface area contributed by atoms with Gasteiger partial charge < -0.3 is 9.64 Å². The number of ether oxygens (including phenoxy) is 1. The van der Waals surface area contributed by atoms with Crippen molar-refractivity contribution in [2.45, 2.75) is 6.92 Å². The first-order chi connectivity index (χ1) is 10.8. The molecule has 1 aliphatic rings. The SMILES string of the molecule is Cc1nc(N2CCOCC2)c2sc3ncc(C=O)cc3c2n1. The second-order valence-electron chi connectivity index (χ2n) is 5.21. The fraction of sp³-hybridized carbons (Fsp3) is 0.333. The van der Waals surface area contributed by atoms with Gasteiger partial charge in [0.15, 0.2) is 12.1 Å². The van der Waals surface area contributed by atoms with E-state index in [1.807, 2.05) is 13.0 Å². The maximum atomic E-state index is 11.0. The first-order valence-electron chi connectivity index (χ1n) is 7.11. The molecule has 0 atom stereocenters. The molecule has 4 heterocycles. The maximum absolute atomic E-state index is 11.0. The number of aromatic nitrogens is 3. The van der Waals surface area contributed by atoms with Crippen molar-refractivity contribution in [2.75, 3.05) is 31.2 Å². The summed E-state index contributed by atoms with van der Waals surface area (Å²) in [5, 5.41) is 0.921. The minimum Gasteiger partial charge on any atom is -0.378 e. The summed E-state index contributed by atoms with van der Waals surface area (Å²) in [5.41, 5.74) is 1.45. The van der Waals surface area contributed by atoms with Crippen molar-refractivity contribution < 1.29 is 9.53 Å². The smallest absolute Gasteiger partial charge is 0.151 e. The van der Waals surface area contributed by atoms with Crippen LogP contribution >= 0.6 is 11.3 Å². The van der Waals surface area contributed by atoms with Crippen LogP contribution in [0.2, 0.25) is 0 Å². The Kier molecular flexibility index (Phi) is 3.24. The van der Waals surface area contributed by atoms with Crippen molar-refractivity contribution in [3.05, 3.63) is 23.7 Å². The van der Waals surface area contributed by atoms with E-state index in [0.717, 1.165) is 51.5 Å². The standard InChI is InChI=1S/C15H14N4O2S/c1-9-17-12-11-6-10(8-20)7-16-15(11)22-13(12)14(18-9)19-2-4-21-5-3-19/h6-8H,2-5H2,1H3. The van der Waals surface area contributed by atoms with Gasteiger partial charge >= 0.3 is 0 Å². The summed E-state index contributed by atoms with van der Waals surface area (Å²) in [5.74, 6) is 1.67. The van der Waals surface area contributed by atoms with Crippen molar-refractivity contribution in [3.63, 3.8) is 0 Å². The number of morpholine rings is 1. The van der Waals surface area contributed by atoms with Crippen LogP contribution in [0.1, 0.15) is 16.2 Å². The van der Waals surface area contributed by atoms with Gasteiger partial charge in [-0.1, -0.05) is 0 Å².